The minimum absolute atomic E-state index is 0.134. The van der Waals surface area contributed by atoms with Crippen molar-refractivity contribution in [3.8, 4) is 28.5 Å². The Balaban J connectivity index is 1.87. The first-order valence-corrected chi connectivity index (χ1v) is 11.4. The van der Waals surface area contributed by atoms with Gasteiger partial charge in [-0.05, 0) is 54.7 Å². The van der Waals surface area contributed by atoms with Crippen molar-refractivity contribution < 1.29 is 19.4 Å². The van der Waals surface area contributed by atoms with Gasteiger partial charge in [0, 0.05) is 17.7 Å². The van der Waals surface area contributed by atoms with Crippen LogP contribution in [0.15, 0.2) is 43.0 Å². The first kappa shape index (κ1) is 23.4. The van der Waals surface area contributed by atoms with Crippen LogP contribution in [0, 0.1) is 19.8 Å². The van der Waals surface area contributed by atoms with Crippen LogP contribution in [0.4, 0.5) is 0 Å². The molecule has 1 aliphatic rings. The van der Waals surface area contributed by atoms with E-state index in [1.807, 2.05) is 38.1 Å². The number of ether oxygens (including phenoxy) is 2. The smallest absolute Gasteiger partial charge is 0.273 e. The number of phenolic OH excluding ortho intramolecular Hbond substituents is 1. The zero-order valence-corrected chi connectivity index (χ0v) is 20.3. The summed E-state index contributed by atoms with van der Waals surface area (Å²) in [5, 5.41) is 18.2. The Morgan fingerprint density at radius 2 is 2.00 bits per heavy atom. The molecule has 7 heteroatoms. The normalized spacial score (nSPS) is 15.1. The molecule has 0 spiro atoms. The van der Waals surface area contributed by atoms with E-state index < -0.39 is 6.04 Å². The van der Waals surface area contributed by atoms with Crippen molar-refractivity contribution in [1.29, 1.82) is 0 Å². The minimum atomic E-state index is -0.428. The van der Waals surface area contributed by atoms with Gasteiger partial charge in [-0.3, -0.25) is 9.89 Å². The number of carbonyl (C=O) groups is 1. The number of nitrogens with zero attached hydrogens (tertiary/aromatic N) is 2. The molecule has 0 aliphatic carbocycles. The van der Waals surface area contributed by atoms with Crippen LogP contribution < -0.4 is 9.47 Å². The van der Waals surface area contributed by atoms with Crippen molar-refractivity contribution in [2.75, 3.05) is 20.3 Å². The minimum Gasteiger partial charge on any atom is -0.507 e. The van der Waals surface area contributed by atoms with Gasteiger partial charge in [0.2, 0.25) is 0 Å². The second kappa shape index (κ2) is 9.25. The summed E-state index contributed by atoms with van der Waals surface area (Å²) < 4.78 is 11.5. The van der Waals surface area contributed by atoms with Gasteiger partial charge >= 0.3 is 0 Å². The molecule has 0 fully saturated rings. The lowest BCUT2D eigenvalue weighted by Gasteiger charge is -2.26. The number of aromatic amines is 1. The van der Waals surface area contributed by atoms with Gasteiger partial charge in [-0.25, -0.2) is 0 Å². The van der Waals surface area contributed by atoms with E-state index in [-0.39, 0.29) is 11.7 Å². The zero-order chi connectivity index (χ0) is 24.6. The molecule has 2 N–H and O–H groups in total. The fourth-order valence-corrected chi connectivity index (χ4v) is 4.54. The molecule has 7 nitrogen and oxygen atoms in total. The van der Waals surface area contributed by atoms with E-state index in [1.165, 1.54) is 0 Å². The number of aromatic hydroxyl groups is 1. The van der Waals surface area contributed by atoms with E-state index in [0.29, 0.717) is 47.5 Å². The summed E-state index contributed by atoms with van der Waals surface area (Å²) in [5.41, 5.74) is 5.02. The molecule has 0 saturated carbocycles. The predicted molar refractivity (Wildman–Crippen MR) is 132 cm³/mol. The van der Waals surface area contributed by atoms with E-state index in [0.717, 1.165) is 22.3 Å². The van der Waals surface area contributed by atoms with Gasteiger partial charge in [0.05, 0.1) is 19.8 Å². The lowest BCUT2D eigenvalue weighted by molar-refractivity contribution is 0.0764. The fraction of sp³-hybridized carbons (Fsp3) is 0.333. The van der Waals surface area contributed by atoms with Gasteiger partial charge in [-0.15, -0.1) is 6.58 Å². The second-order valence-electron chi connectivity index (χ2n) is 9.10. The molecule has 1 atom stereocenters. The predicted octanol–water partition coefficient (Wildman–Crippen LogP) is 5.17. The maximum Gasteiger partial charge on any atom is 0.273 e. The van der Waals surface area contributed by atoms with Crippen molar-refractivity contribution in [2.24, 2.45) is 5.92 Å². The highest BCUT2D eigenvalue weighted by Gasteiger charge is 2.42. The molecule has 0 bridgehead atoms. The summed E-state index contributed by atoms with van der Waals surface area (Å²) >= 11 is 0. The topological polar surface area (TPSA) is 87.7 Å². The summed E-state index contributed by atoms with van der Waals surface area (Å²) in [7, 11) is 1.60. The standard InChI is InChI=1S/C27H31N3O4/c1-7-10-30-26(18-8-9-20(21(13-18)33-6)34-14-15(2)3)23-24(28-29-25(23)27(30)32)22-17(5)11-16(4)12-19(22)31/h7-9,11-13,15,26,31H,1,10,14H2,2-6H3,(H,28,29). The Morgan fingerprint density at radius 3 is 2.65 bits per heavy atom. The lowest BCUT2D eigenvalue weighted by Crippen LogP contribution is -2.29. The number of rotatable bonds is 8. The Kier molecular flexibility index (Phi) is 6.37. The highest BCUT2D eigenvalue weighted by atomic mass is 16.5. The first-order chi connectivity index (χ1) is 16.3. The number of nitrogens with one attached hydrogen (secondary N) is 1. The largest absolute Gasteiger partial charge is 0.507 e. The number of carbonyl (C=O) groups excluding carboxylic acids is 1. The van der Waals surface area contributed by atoms with Gasteiger partial charge in [-0.2, -0.15) is 5.10 Å². The van der Waals surface area contributed by atoms with E-state index >= 15 is 0 Å². The molecular weight excluding hydrogens is 430 g/mol. The van der Waals surface area contributed by atoms with Gasteiger partial charge in [-0.1, -0.05) is 32.1 Å². The molecule has 3 aromatic rings. The molecule has 1 unspecified atom stereocenters. The Morgan fingerprint density at radius 1 is 1.24 bits per heavy atom. The van der Waals surface area contributed by atoms with Gasteiger partial charge < -0.3 is 19.5 Å². The van der Waals surface area contributed by atoms with Crippen LogP contribution in [-0.2, 0) is 0 Å². The number of aryl methyl sites for hydroxylation is 2. The van der Waals surface area contributed by atoms with Gasteiger partial charge in [0.1, 0.15) is 17.1 Å². The van der Waals surface area contributed by atoms with Gasteiger partial charge in [0.25, 0.3) is 5.91 Å². The van der Waals surface area contributed by atoms with E-state index in [1.54, 1.807) is 24.2 Å². The maximum absolute atomic E-state index is 13.3. The van der Waals surface area contributed by atoms with Crippen molar-refractivity contribution in [3.63, 3.8) is 0 Å². The number of methoxy groups -OCH3 is 1. The third-order valence-corrected chi connectivity index (χ3v) is 5.96. The van der Waals surface area contributed by atoms with Crippen LogP contribution in [0.1, 0.15) is 52.6 Å². The summed E-state index contributed by atoms with van der Waals surface area (Å²) in [6.07, 6.45) is 1.70. The van der Waals surface area contributed by atoms with E-state index in [2.05, 4.69) is 30.6 Å². The number of fused-ring (bicyclic) bond motifs is 1. The SMILES string of the molecule is C=CCN1C(=O)c2[nH]nc(-c3c(C)cc(C)cc3O)c2C1c1ccc(OCC(C)C)c(OC)c1. The van der Waals surface area contributed by atoms with Crippen molar-refractivity contribution in [2.45, 2.75) is 33.7 Å². The molecule has 2 heterocycles. The van der Waals surface area contributed by atoms with E-state index in [9.17, 15) is 9.90 Å². The number of benzene rings is 2. The quantitative estimate of drug-likeness (QED) is 0.452. The Labute approximate surface area is 200 Å². The highest BCUT2D eigenvalue weighted by molar-refractivity contribution is 6.00. The number of amides is 1. The third kappa shape index (κ3) is 4.02. The molecule has 0 radical (unpaired) electrons. The number of H-pyrrole nitrogens is 1. The number of phenols is 1. The van der Waals surface area contributed by atoms with Crippen LogP contribution in [0.3, 0.4) is 0 Å². The summed E-state index contributed by atoms with van der Waals surface area (Å²) in [6, 6.07) is 8.99. The van der Waals surface area contributed by atoms with E-state index in [4.69, 9.17) is 9.47 Å². The van der Waals surface area contributed by atoms with Crippen molar-refractivity contribution >= 4 is 5.91 Å². The van der Waals surface area contributed by atoms with Crippen LogP contribution in [0.5, 0.6) is 17.2 Å². The molecule has 0 saturated heterocycles. The first-order valence-electron chi connectivity index (χ1n) is 11.4. The van der Waals surface area contributed by atoms with Crippen molar-refractivity contribution in [1.82, 2.24) is 15.1 Å². The maximum atomic E-state index is 13.3. The zero-order valence-electron chi connectivity index (χ0n) is 20.3. The molecule has 4 rings (SSSR count). The molecule has 34 heavy (non-hydrogen) atoms. The molecule has 2 aromatic carbocycles. The molecule has 1 aromatic heterocycles. The second-order valence-corrected chi connectivity index (χ2v) is 9.10. The summed E-state index contributed by atoms with van der Waals surface area (Å²) in [6.45, 7) is 12.8. The molecule has 178 valence electrons. The molecule has 1 amide bonds. The van der Waals surface area contributed by atoms with Crippen LogP contribution >= 0.6 is 0 Å². The fourth-order valence-electron chi connectivity index (χ4n) is 4.54. The Bertz CT molecular complexity index is 1220. The summed E-state index contributed by atoms with van der Waals surface area (Å²) in [5.74, 6) is 1.59. The average molecular weight is 462 g/mol. The van der Waals surface area contributed by atoms with Crippen LogP contribution in [0.25, 0.3) is 11.3 Å². The molecule has 1 aliphatic heterocycles. The highest BCUT2D eigenvalue weighted by Crippen LogP contribution is 2.46. The van der Waals surface area contributed by atoms with Crippen LogP contribution in [-0.4, -0.2) is 46.4 Å². The average Bonchev–Trinajstić information content (AvgIpc) is 3.31. The monoisotopic (exact) mass is 461 g/mol. The third-order valence-electron chi connectivity index (χ3n) is 5.96. The summed E-state index contributed by atoms with van der Waals surface area (Å²) in [4.78, 5) is 15.1. The van der Waals surface area contributed by atoms with Gasteiger partial charge in [0.15, 0.2) is 11.5 Å². The number of aromatic nitrogens is 2. The number of hydrogen-bond donors (Lipinski definition) is 2. The number of hydrogen-bond acceptors (Lipinski definition) is 5. The molecular formula is C27H31N3O4. The van der Waals surface area contributed by atoms with Crippen LogP contribution in [0.2, 0.25) is 0 Å². The lowest BCUT2D eigenvalue weighted by atomic mass is 9.93. The Hall–Kier alpha value is -3.74. The van der Waals surface area contributed by atoms with Crippen molar-refractivity contribution in [3.05, 3.63) is 70.9 Å².